The van der Waals surface area contributed by atoms with Crippen LogP contribution in [0.3, 0.4) is 0 Å². The minimum atomic E-state index is -0.930. The average molecular weight is 313 g/mol. The summed E-state index contributed by atoms with van der Waals surface area (Å²) < 4.78 is 4.49. The van der Waals surface area contributed by atoms with Crippen molar-refractivity contribution in [2.45, 2.75) is 37.1 Å². The molecule has 7 heteroatoms. The van der Waals surface area contributed by atoms with Crippen molar-refractivity contribution in [3.8, 4) is 0 Å². The van der Waals surface area contributed by atoms with Gasteiger partial charge in [0.05, 0.1) is 13.0 Å². The van der Waals surface area contributed by atoms with E-state index in [1.54, 1.807) is 17.8 Å². The van der Waals surface area contributed by atoms with Crippen LogP contribution in [0.25, 0.3) is 0 Å². The number of rotatable bonds is 6. The van der Waals surface area contributed by atoms with Crippen molar-refractivity contribution >= 4 is 29.6 Å². The zero-order chi connectivity index (χ0) is 15.6. The van der Waals surface area contributed by atoms with Crippen molar-refractivity contribution < 1.29 is 24.2 Å². The van der Waals surface area contributed by atoms with Crippen LogP contribution >= 0.6 is 11.8 Å². The lowest BCUT2D eigenvalue weighted by Gasteiger charge is -2.44. The molecule has 2 fully saturated rings. The summed E-state index contributed by atoms with van der Waals surface area (Å²) in [5.41, 5.74) is 0. The highest BCUT2D eigenvalue weighted by Gasteiger charge is 2.59. The Hall–Kier alpha value is -1.50. The quantitative estimate of drug-likeness (QED) is 0.446. The maximum absolute atomic E-state index is 12.2. The second kappa shape index (κ2) is 6.51. The number of carbonyl (C=O) groups excluding carboxylic acids is 2. The van der Waals surface area contributed by atoms with E-state index in [1.165, 1.54) is 18.1 Å². The lowest BCUT2D eigenvalue weighted by Crippen LogP contribution is -2.61. The minimum absolute atomic E-state index is 0.0232. The number of β-lactam (4-membered cyclic amide) rings is 1. The Kier molecular flexibility index (Phi) is 4.92. The second-order valence-corrected chi connectivity index (χ2v) is 6.61. The Morgan fingerprint density at radius 1 is 1.52 bits per heavy atom. The van der Waals surface area contributed by atoms with Crippen molar-refractivity contribution in [3.05, 3.63) is 12.2 Å². The first kappa shape index (κ1) is 15.9. The molecule has 2 aliphatic rings. The summed E-state index contributed by atoms with van der Waals surface area (Å²) >= 11 is 1.59. The lowest BCUT2D eigenvalue weighted by atomic mass is 9.85. The number of thioether (sulfide) groups is 1. The Bertz CT molecular complexity index is 478. The number of carboxylic acids is 1. The molecule has 6 nitrogen and oxygen atoms in total. The van der Waals surface area contributed by atoms with Gasteiger partial charge in [-0.25, -0.2) is 9.59 Å². The molecule has 4 atom stereocenters. The molecule has 1 N–H and O–H groups in total. The Morgan fingerprint density at radius 3 is 2.81 bits per heavy atom. The van der Waals surface area contributed by atoms with Crippen LogP contribution in [0, 0.1) is 5.92 Å². The van der Waals surface area contributed by atoms with E-state index in [0.717, 1.165) is 5.75 Å². The number of ether oxygens (including phenoxy) is 1. The maximum atomic E-state index is 12.2. The zero-order valence-corrected chi connectivity index (χ0v) is 12.8. The van der Waals surface area contributed by atoms with Crippen molar-refractivity contribution in [2.75, 3.05) is 12.9 Å². The van der Waals surface area contributed by atoms with Gasteiger partial charge in [0, 0.05) is 17.4 Å². The number of methoxy groups -OCH3 is 1. The Morgan fingerprint density at radius 2 is 2.24 bits per heavy atom. The van der Waals surface area contributed by atoms with Crippen LogP contribution in [0.15, 0.2) is 12.2 Å². The molecule has 2 unspecified atom stereocenters. The Labute approximate surface area is 127 Å². The SMILES string of the molecule is CCS[C@@H]1CC2C(CC=CC(=O)OC)C(=O)N2[C@H]1C(=O)O. The van der Waals surface area contributed by atoms with Crippen molar-refractivity contribution in [1.82, 2.24) is 4.90 Å². The van der Waals surface area contributed by atoms with Crippen LogP contribution in [-0.4, -0.2) is 58.0 Å². The number of amides is 1. The molecule has 0 radical (unpaired) electrons. The van der Waals surface area contributed by atoms with Gasteiger partial charge in [-0.15, -0.1) is 0 Å². The van der Waals surface area contributed by atoms with Crippen LogP contribution in [0.4, 0.5) is 0 Å². The predicted octanol–water partition coefficient (Wildman–Crippen LogP) is 0.911. The van der Waals surface area contributed by atoms with Gasteiger partial charge in [0.15, 0.2) is 0 Å². The maximum Gasteiger partial charge on any atom is 0.330 e. The number of fused-ring (bicyclic) bond motifs is 1. The summed E-state index contributed by atoms with van der Waals surface area (Å²) in [5, 5.41) is 9.29. The van der Waals surface area contributed by atoms with Crippen LogP contribution in [-0.2, 0) is 19.1 Å². The molecule has 0 aromatic heterocycles. The van der Waals surface area contributed by atoms with Gasteiger partial charge in [-0.3, -0.25) is 4.79 Å². The van der Waals surface area contributed by atoms with Gasteiger partial charge in [0.2, 0.25) is 5.91 Å². The predicted molar refractivity (Wildman–Crippen MR) is 77.9 cm³/mol. The number of aliphatic carboxylic acids is 1. The highest BCUT2D eigenvalue weighted by atomic mass is 32.2. The van der Waals surface area contributed by atoms with Gasteiger partial charge >= 0.3 is 11.9 Å². The molecule has 0 aliphatic carbocycles. The summed E-state index contributed by atoms with van der Waals surface area (Å²) in [6.07, 6.45) is 4.09. The fourth-order valence-electron chi connectivity index (χ4n) is 3.09. The normalized spacial score (nSPS) is 31.1. The molecule has 116 valence electrons. The second-order valence-electron chi connectivity index (χ2n) is 5.09. The number of nitrogens with zero attached hydrogens (tertiary/aromatic N) is 1. The number of allylic oxidation sites excluding steroid dienone is 1. The number of carbonyl (C=O) groups is 3. The molecule has 0 aromatic rings. The summed E-state index contributed by atoms with van der Waals surface area (Å²) in [5.74, 6) is -0.889. The molecule has 0 bridgehead atoms. The van der Waals surface area contributed by atoms with Gasteiger partial charge < -0.3 is 14.7 Å². The van der Waals surface area contributed by atoms with E-state index in [0.29, 0.717) is 12.8 Å². The highest BCUT2D eigenvalue weighted by molar-refractivity contribution is 7.99. The van der Waals surface area contributed by atoms with Gasteiger partial charge in [-0.1, -0.05) is 13.0 Å². The first-order valence-corrected chi connectivity index (χ1v) is 7.97. The average Bonchev–Trinajstić information content (AvgIpc) is 2.79. The molecular weight excluding hydrogens is 294 g/mol. The minimum Gasteiger partial charge on any atom is -0.480 e. The molecule has 2 heterocycles. The third kappa shape index (κ3) is 2.92. The van der Waals surface area contributed by atoms with E-state index >= 15 is 0 Å². The molecular formula is C14H19NO5S. The van der Waals surface area contributed by atoms with E-state index in [-0.39, 0.29) is 23.1 Å². The number of hydrogen-bond acceptors (Lipinski definition) is 5. The third-order valence-electron chi connectivity index (χ3n) is 4.00. The van der Waals surface area contributed by atoms with E-state index < -0.39 is 18.0 Å². The molecule has 0 saturated carbocycles. The molecule has 0 aromatic carbocycles. The summed E-state index contributed by atoms with van der Waals surface area (Å²) in [4.78, 5) is 36.1. The summed E-state index contributed by atoms with van der Waals surface area (Å²) in [6.45, 7) is 1.98. The number of hydrogen-bond donors (Lipinski definition) is 1. The van der Waals surface area contributed by atoms with Crippen LogP contribution < -0.4 is 0 Å². The van der Waals surface area contributed by atoms with Crippen molar-refractivity contribution in [2.24, 2.45) is 5.92 Å². The molecule has 0 spiro atoms. The molecule has 2 rings (SSSR count). The molecule has 2 aliphatic heterocycles. The third-order valence-corrected chi connectivity index (χ3v) is 5.21. The molecule has 2 saturated heterocycles. The van der Waals surface area contributed by atoms with E-state index in [2.05, 4.69) is 4.74 Å². The molecule has 1 amide bonds. The standard InChI is InChI=1S/C14H19NO5S/c1-3-21-10-7-9-8(5-4-6-11(16)20-2)13(17)15(9)12(10)14(18)19/h4,6,8-10,12H,3,5,7H2,1-2H3,(H,18,19)/t8?,9?,10-,12-/m1/s1. The highest BCUT2D eigenvalue weighted by Crippen LogP contribution is 2.45. The summed E-state index contributed by atoms with van der Waals surface area (Å²) in [7, 11) is 1.30. The summed E-state index contributed by atoms with van der Waals surface area (Å²) in [6, 6.07) is -0.738. The smallest absolute Gasteiger partial charge is 0.330 e. The monoisotopic (exact) mass is 313 g/mol. The van der Waals surface area contributed by atoms with Gasteiger partial charge in [-0.2, -0.15) is 11.8 Å². The fourth-order valence-corrected chi connectivity index (χ4v) is 4.28. The van der Waals surface area contributed by atoms with Crippen LogP contribution in [0.5, 0.6) is 0 Å². The zero-order valence-electron chi connectivity index (χ0n) is 12.0. The van der Waals surface area contributed by atoms with Crippen molar-refractivity contribution in [1.29, 1.82) is 0 Å². The first-order chi connectivity index (χ1) is 10.0. The van der Waals surface area contributed by atoms with Gasteiger partial charge in [0.25, 0.3) is 0 Å². The van der Waals surface area contributed by atoms with E-state index in [4.69, 9.17) is 0 Å². The van der Waals surface area contributed by atoms with Crippen LogP contribution in [0.2, 0.25) is 0 Å². The topological polar surface area (TPSA) is 83.9 Å². The van der Waals surface area contributed by atoms with E-state index in [9.17, 15) is 19.5 Å². The Balaban J connectivity index is 2.02. The van der Waals surface area contributed by atoms with Gasteiger partial charge in [0.1, 0.15) is 6.04 Å². The molecule has 21 heavy (non-hydrogen) atoms. The lowest BCUT2D eigenvalue weighted by molar-refractivity contribution is -0.163. The van der Waals surface area contributed by atoms with Gasteiger partial charge in [-0.05, 0) is 18.6 Å². The van der Waals surface area contributed by atoms with Crippen LogP contribution in [0.1, 0.15) is 19.8 Å². The largest absolute Gasteiger partial charge is 0.480 e. The number of esters is 1. The fraction of sp³-hybridized carbons (Fsp3) is 0.643. The van der Waals surface area contributed by atoms with E-state index in [1.807, 2.05) is 6.92 Å². The number of carboxylic acid groups (broad SMARTS) is 1. The van der Waals surface area contributed by atoms with Crippen molar-refractivity contribution in [3.63, 3.8) is 0 Å². The first-order valence-electron chi connectivity index (χ1n) is 6.92.